The van der Waals surface area contributed by atoms with Crippen molar-refractivity contribution in [1.82, 2.24) is 0 Å². The second-order valence-electron chi connectivity index (χ2n) is 4.40. The van der Waals surface area contributed by atoms with E-state index < -0.39 is 5.82 Å². The number of aryl methyl sites for hydroxylation is 1. The fraction of sp³-hybridized carbons (Fsp3) is 0.200. The number of benzene rings is 2. The first-order valence-corrected chi connectivity index (χ1v) is 6.67. The minimum Gasteiger partial charge on any atom is -0.494 e. The minimum atomic E-state index is -0.404. The zero-order valence-electron chi connectivity index (χ0n) is 10.8. The highest BCUT2D eigenvalue weighted by Crippen LogP contribution is 2.29. The lowest BCUT2D eigenvalue weighted by Gasteiger charge is -2.15. The van der Waals surface area contributed by atoms with Crippen LogP contribution in [0.3, 0.4) is 0 Å². The Balaban J connectivity index is 2.38. The Morgan fingerprint density at radius 3 is 2.53 bits per heavy atom. The van der Waals surface area contributed by atoms with Gasteiger partial charge in [0, 0.05) is 4.47 Å². The zero-order valence-corrected chi connectivity index (χ0v) is 12.4. The molecule has 0 aliphatic heterocycles. The molecule has 0 aliphatic rings. The number of halogens is 2. The van der Waals surface area contributed by atoms with E-state index in [1.54, 1.807) is 12.1 Å². The predicted octanol–water partition coefficient (Wildman–Crippen LogP) is 3.95. The summed E-state index contributed by atoms with van der Waals surface area (Å²) in [5, 5.41) is 0. The van der Waals surface area contributed by atoms with Crippen LogP contribution in [0.15, 0.2) is 40.9 Å². The van der Waals surface area contributed by atoms with Gasteiger partial charge < -0.3 is 10.5 Å². The SMILES string of the molecule is COc1ccc(C(N)c2ccc(C)cc2Br)cc1F. The maximum Gasteiger partial charge on any atom is 0.165 e. The summed E-state index contributed by atoms with van der Waals surface area (Å²) in [6.07, 6.45) is 0. The molecular formula is C15H15BrFNO. The quantitative estimate of drug-likeness (QED) is 0.928. The van der Waals surface area contributed by atoms with Crippen LogP contribution in [0.4, 0.5) is 4.39 Å². The van der Waals surface area contributed by atoms with Gasteiger partial charge in [-0.15, -0.1) is 0 Å². The zero-order chi connectivity index (χ0) is 14.0. The van der Waals surface area contributed by atoms with E-state index in [0.29, 0.717) is 5.56 Å². The Morgan fingerprint density at radius 2 is 1.95 bits per heavy atom. The van der Waals surface area contributed by atoms with Crippen molar-refractivity contribution in [3.63, 3.8) is 0 Å². The number of hydrogen-bond donors (Lipinski definition) is 1. The lowest BCUT2D eigenvalue weighted by atomic mass is 9.98. The summed E-state index contributed by atoms with van der Waals surface area (Å²) in [6, 6.07) is 10.3. The monoisotopic (exact) mass is 323 g/mol. The van der Waals surface area contributed by atoms with Gasteiger partial charge in [0.15, 0.2) is 11.6 Å². The third-order valence-electron chi connectivity index (χ3n) is 3.03. The number of hydrogen-bond acceptors (Lipinski definition) is 2. The van der Waals surface area contributed by atoms with E-state index in [4.69, 9.17) is 10.5 Å². The fourth-order valence-electron chi connectivity index (χ4n) is 1.94. The molecule has 0 amide bonds. The molecule has 2 aromatic rings. The highest BCUT2D eigenvalue weighted by molar-refractivity contribution is 9.10. The molecule has 0 fully saturated rings. The maximum absolute atomic E-state index is 13.7. The molecular weight excluding hydrogens is 309 g/mol. The van der Waals surface area contributed by atoms with Crippen LogP contribution in [-0.2, 0) is 0 Å². The van der Waals surface area contributed by atoms with Gasteiger partial charge in [0.25, 0.3) is 0 Å². The second-order valence-corrected chi connectivity index (χ2v) is 5.25. The van der Waals surface area contributed by atoms with Crippen LogP contribution in [0.2, 0.25) is 0 Å². The third kappa shape index (κ3) is 2.96. The molecule has 0 aliphatic carbocycles. The highest BCUT2D eigenvalue weighted by atomic mass is 79.9. The van der Waals surface area contributed by atoms with Crippen LogP contribution in [0.25, 0.3) is 0 Å². The average Bonchev–Trinajstić information content (AvgIpc) is 2.38. The van der Waals surface area contributed by atoms with Gasteiger partial charge in [0.05, 0.1) is 13.2 Å². The van der Waals surface area contributed by atoms with Gasteiger partial charge in [-0.2, -0.15) is 0 Å². The van der Waals surface area contributed by atoms with Crippen molar-refractivity contribution in [3.05, 3.63) is 63.4 Å². The smallest absolute Gasteiger partial charge is 0.165 e. The van der Waals surface area contributed by atoms with E-state index in [1.807, 2.05) is 25.1 Å². The van der Waals surface area contributed by atoms with Crippen molar-refractivity contribution < 1.29 is 9.13 Å². The molecule has 0 bridgehead atoms. The van der Waals surface area contributed by atoms with Gasteiger partial charge in [-0.05, 0) is 41.8 Å². The summed E-state index contributed by atoms with van der Waals surface area (Å²) in [6.45, 7) is 2.01. The van der Waals surface area contributed by atoms with E-state index in [-0.39, 0.29) is 11.8 Å². The normalized spacial score (nSPS) is 12.3. The molecule has 2 rings (SSSR count). The number of nitrogens with two attached hydrogens (primary N) is 1. The Labute approximate surface area is 120 Å². The summed E-state index contributed by atoms with van der Waals surface area (Å²) in [4.78, 5) is 0. The number of ether oxygens (including phenoxy) is 1. The molecule has 0 aromatic heterocycles. The Bertz CT molecular complexity index is 601. The predicted molar refractivity (Wildman–Crippen MR) is 77.9 cm³/mol. The van der Waals surface area contributed by atoms with Crippen LogP contribution in [0, 0.1) is 12.7 Å². The van der Waals surface area contributed by atoms with Crippen molar-refractivity contribution >= 4 is 15.9 Å². The van der Waals surface area contributed by atoms with Crippen molar-refractivity contribution in [1.29, 1.82) is 0 Å². The summed E-state index contributed by atoms with van der Waals surface area (Å²) in [5.41, 5.74) is 8.97. The molecule has 2 nitrogen and oxygen atoms in total. The van der Waals surface area contributed by atoms with Crippen LogP contribution >= 0.6 is 15.9 Å². The molecule has 0 saturated heterocycles. The molecule has 19 heavy (non-hydrogen) atoms. The molecule has 0 spiro atoms. The largest absolute Gasteiger partial charge is 0.494 e. The van der Waals surface area contributed by atoms with Crippen LogP contribution in [-0.4, -0.2) is 7.11 Å². The molecule has 0 heterocycles. The van der Waals surface area contributed by atoms with Gasteiger partial charge in [-0.25, -0.2) is 4.39 Å². The van der Waals surface area contributed by atoms with Gasteiger partial charge in [-0.1, -0.05) is 34.1 Å². The Morgan fingerprint density at radius 1 is 1.21 bits per heavy atom. The van der Waals surface area contributed by atoms with Crippen LogP contribution in [0.1, 0.15) is 22.7 Å². The van der Waals surface area contributed by atoms with Crippen LogP contribution < -0.4 is 10.5 Å². The lowest BCUT2D eigenvalue weighted by Crippen LogP contribution is -2.13. The average molecular weight is 324 g/mol. The summed E-state index contributed by atoms with van der Waals surface area (Å²) in [5.74, 6) is -0.183. The van der Waals surface area contributed by atoms with Gasteiger partial charge >= 0.3 is 0 Å². The standard InChI is InChI=1S/C15H15BrFNO/c1-9-3-5-11(12(16)7-9)15(18)10-4-6-14(19-2)13(17)8-10/h3-8,15H,18H2,1-2H3. The first-order chi connectivity index (χ1) is 9.02. The molecule has 2 N–H and O–H groups in total. The van der Waals surface area contributed by atoms with Gasteiger partial charge in [0.2, 0.25) is 0 Å². The Hall–Kier alpha value is -1.39. The lowest BCUT2D eigenvalue weighted by molar-refractivity contribution is 0.386. The van der Waals surface area contributed by atoms with E-state index in [9.17, 15) is 4.39 Å². The first-order valence-electron chi connectivity index (χ1n) is 5.88. The van der Waals surface area contributed by atoms with E-state index >= 15 is 0 Å². The van der Waals surface area contributed by atoms with E-state index in [1.165, 1.54) is 13.2 Å². The van der Waals surface area contributed by atoms with Crippen LogP contribution in [0.5, 0.6) is 5.75 Å². The number of rotatable bonds is 3. The third-order valence-corrected chi connectivity index (χ3v) is 3.71. The van der Waals surface area contributed by atoms with Gasteiger partial charge in [0.1, 0.15) is 0 Å². The fourth-order valence-corrected chi connectivity index (χ4v) is 2.68. The summed E-state index contributed by atoms with van der Waals surface area (Å²) >= 11 is 3.49. The highest BCUT2D eigenvalue weighted by Gasteiger charge is 2.14. The minimum absolute atomic E-state index is 0.221. The first kappa shape index (κ1) is 14.0. The van der Waals surface area contributed by atoms with Crippen molar-refractivity contribution in [3.8, 4) is 5.75 Å². The van der Waals surface area contributed by atoms with Gasteiger partial charge in [-0.3, -0.25) is 0 Å². The Kier molecular flexibility index (Phi) is 4.22. The maximum atomic E-state index is 13.7. The molecule has 100 valence electrons. The molecule has 2 aromatic carbocycles. The summed E-state index contributed by atoms with van der Waals surface area (Å²) in [7, 11) is 1.44. The van der Waals surface area contributed by atoms with E-state index in [0.717, 1.165) is 15.6 Å². The summed E-state index contributed by atoms with van der Waals surface area (Å²) < 4.78 is 19.5. The topological polar surface area (TPSA) is 35.2 Å². The van der Waals surface area contributed by atoms with E-state index in [2.05, 4.69) is 15.9 Å². The number of methoxy groups -OCH3 is 1. The molecule has 0 saturated carbocycles. The van der Waals surface area contributed by atoms with Crippen molar-refractivity contribution in [2.45, 2.75) is 13.0 Å². The molecule has 4 heteroatoms. The van der Waals surface area contributed by atoms with Crippen molar-refractivity contribution in [2.24, 2.45) is 5.73 Å². The van der Waals surface area contributed by atoms with Crippen molar-refractivity contribution in [2.75, 3.05) is 7.11 Å². The molecule has 1 atom stereocenters. The second kappa shape index (κ2) is 5.72. The molecule has 1 unspecified atom stereocenters. The molecule has 0 radical (unpaired) electrons.